The second-order valence-corrected chi connectivity index (χ2v) is 7.44. The molecule has 2 aromatic rings. The van der Waals surface area contributed by atoms with Crippen molar-refractivity contribution in [2.45, 2.75) is 31.3 Å². The minimum atomic E-state index is -4.67. The Kier molecular flexibility index (Phi) is 4.74. The number of anilines is 1. The van der Waals surface area contributed by atoms with Crippen molar-refractivity contribution in [3.63, 3.8) is 0 Å². The summed E-state index contributed by atoms with van der Waals surface area (Å²) in [6, 6.07) is 3.63. The summed E-state index contributed by atoms with van der Waals surface area (Å²) in [5, 5.41) is 0. The minimum absolute atomic E-state index is 0.0252. The van der Waals surface area contributed by atoms with E-state index in [1.807, 2.05) is 6.92 Å². The summed E-state index contributed by atoms with van der Waals surface area (Å²) in [4.78, 5) is -1.27. The predicted octanol–water partition coefficient (Wildman–Crippen LogP) is 3.63. The van der Waals surface area contributed by atoms with Gasteiger partial charge in [-0.2, -0.15) is 0 Å². The zero-order chi connectivity index (χ0) is 19.1. The van der Waals surface area contributed by atoms with Crippen molar-refractivity contribution in [3.05, 3.63) is 47.3 Å². The lowest BCUT2D eigenvalue weighted by Gasteiger charge is -2.15. The highest BCUT2D eigenvalue weighted by Gasteiger charge is 2.28. The van der Waals surface area contributed by atoms with Crippen LogP contribution in [0.25, 0.3) is 0 Å². The highest BCUT2D eigenvalue weighted by atomic mass is 32.2. The molecule has 1 atom stereocenters. The lowest BCUT2D eigenvalue weighted by molar-refractivity contribution is 0.254. The lowest BCUT2D eigenvalue weighted by Crippen LogP contribution is -2.17. The van der Waals surface area contributed by atoms with Crippen LogP contribution in [0.1, 0.15) is 19.4 Å². The average molecular weight is 387 g/mol. The maximum absolute atomic E-state index is 13.9. The number of ether oxygens (including phenoxy) is 2. The Morgan fingerprint density at radius 2 is 1.85 bits per heavy atom. The molecular weight excluding hydrogens is 371 g/mol. The maximum Gasteiger partial charge on any atom is 0.267 e. The molecule has 0 bridgehead atoms. The molecule has 0 fully saturated rings. The summed E-state index contributed by atoms with van der Waals surface area (Å²) in [5.74, 6) is -3.61. The summed E-state index contributed by atoms with van der Waals surface area (Å²) < 4.78 is 78.8. The van der Waals surface area contributed by atoms with Gasteiger partial charge in [0, 0.05) is 30.2 Å². The van der Waals surface area contributed by atoms with Crippen LogP contribution >= 0.6 is 0 Å². The Hall–Kier alpha value is -2.42. The molecule has 0 aromatic heterocycles. The van der Waals surface area contributed by atoms with Gasteiger partial charge in [-0.3, -0.25) is 4.72 Å². The van der Waals surface area contributed by atoms with E-state index in [9.17, 15) is 21.6 Å². The first-order valence-corrected chi connectivity index (χ1v) is 9.33. The van der Waals surface area contributed by atoms with E-state index in [0.29, 0.717) is 24.3 Å². The Morgan fingerprint density at radius 1 is 1.19 bits per heavy atom. The van der Waals surface area contributed by atoms with E-state index in [0.717, 1.165) is 5.56 Å². The van der Waals surface area contributed by atoms with Crippen LogP contribution < -0.4 is 14.2 Å². The van der Waals surface area contributed by atoms with Gasteiger partial charge in [0.1, 0.15) is 35.1 Å². The van der Waals surface area contributed by atoms with Gasteiger partial charge in [0.25, 0.3) is 10.0 Å². The molecule has 9 heteroatoms. The van der Waals surface area contributed by atoms with E-state index >= 15 is 0 Å². The Labute approximate surface area is 148 Å². The fourth-order valence-corrected chi connectivity index (χ4v) is 3.96. The standard InChI is InChI=1S/C17H16F3NO4S/c1-3-24-16-5-10-4-9(2)25-15(10)8-14(16)21-26(22,23)17-12(19)6-11(18)7-13(17)20/h5-9,21H,3-4H2,1-2H3/t9-/m1/s1. The van der Waals surface area contributed by atoms with Crippen molar-refractivity contribution < 1.29 is 31.1 Å². The van der Waals surface area contributed by atoms with Gasteiger partial charge in [0.2, 0.25) is 0 Å². The quantitative estimate of drug-likeness (QED) is 0.851. The Morgan fingerprint density at radius 3 is 2.46 bits per heavy atom. The first-order chi connectivity index (χ1) is 12.2. The van der Waals surface area contributed by atoms with Crippen LogP contribution in [-0.4, -0.2) is 21.1 Å². The fraction of sp³-hybridized carbons (Fsp3) is 0.294. The number of nitrogens with one attached hydrogen (secondary N) is 1. The second-order valence-electron chi connectivity index (χ2n) is 5.83. The van der Waals surface area contributed by atoms with Crippen molar-refractivity contribution in [2.75, 3.05) is 11.3 Å². The molecule has 2 aromatic carbocycles. The monoisotopic (exact) mass is 387 g/mol. The third kappa shape index (κ3) is 3.44. The number of rotatable bonds is 5. The fourth-order valence-electron chi connectivity index (χ4n) is 2.78. The first kappa shape index (κ1) is 18.4. The van der Waals surface area contributed by atoms with Crippen molar-refractivity contribution in [3.8, 4) is 11.5 Å². The van der Waals surface area contributed by atoms with Crippen molar-refractivity contribution in [2.24, 2.45) is 0 Å². The molecule has 0 saturated heterocycles. The summed E-state index contributed by atoms with van der Waals surface area (Å²) in [5.41, 5.74) is 0.811. The highest BCUT2D eigenvalue weighted by molar-refractivity contribution is 7.92. The van der Waals surface area contributed by atoms with Crippen LogP contribution in [-0.2, 0) is 16.4 Å². The SMILES string of the molecule is CCOc1cc2c(cc1NS(=O)(=O)c1c(F)cc(F)cc1F)O[C@H](C)C2. The summed E-state index contributed by atoms with van der Waals surface area (Å²) in [7, 11) is -4.67. The molecule has 0 saturated carbocycles. The molecule has 5 nitrogen and oxygen atoms in total. The molecule has 0 amide bonds. The third-order valence-electron chi connectivity index (χ3n) is 3.77. The molecule has 140 valence electrons. The van der Waals surface area contributed by atoms with Crippen molar-refractivity contribution in [1.29, 1.82) is 0 Å². The van der Waals surface area contributed by atoms with E-state index in [-0.39, 0.29) is 24.1 Å². The molecule has 1 heterocycles. The van der Waals surface area contributed by atoms with Gasteiger partial charge in [0.05, 0.1) is 12.3 Å². The number of sulfonamides is 1. The van der Waals surface area contributed by atoms with Gasteiger partial charge in [-0.1, -0.05) is 0 Å². The smallest absolute Gasteiger partial charge is 0.267 e. The van der Waals surface area contributed by atoms with Gasteiger partial charge in [-0.25, -0.2) is 21.6 Å². The van der Waals surface area contributed by atoms with Gasteiger partial charge in [-0.15, -0.1) is 0 Å². The Balaban J connectivity index is 2.04. The molecule has 0 radical (unpaired) electrons. The lowest BCUT2D eigenvalue weighted by atomic mass is 10.1. The second kappa shape index (κ2) is 6.71. The number of hydrogen-bond acceptors (Lipinski definition) is 4. The number of fused-ring (bicyclic) bond motifs is 1. The largest absolute Gasteiger partial charge is 0.492 e. The summed E-state index contributed by atoms with van der Waals surface area (Å²) >= 11 is 0. The van der Waals surface area contributed by atoms with E-state index in [1.54, 1.807) is 13.0 Å². The molecule has 1 aliphatic rings. The molecule has 26 heavy (non-hydrogen) atoms. The molecule has 1 aliphatic heterocycles. The zero-order valence-electron chi connectivity index (χ0n) is 14.0. The molecule has 0 aliphatic carbocycles. The minimum Gasteiger partial charge on any atom is -0.492 e. The average Bonchev–Trinajstić information content (AvgIpc) is 2.85. The van der Waals surface area contributed by atoms with E-state index < -0.39 is 32.4 Å². The molecule has 1 N–H and O–H groups in total. The number of benzene rings is 2. The van der Waals surface area contributed by atoms with Crippen LogP contribution in [0.5, 0.6) is 11.5 Å². The van der Waals surface area contributed by atoms with Crippen LogP contribution in [0.15, 0.2) is 29.2 Å². The topological polar surface area (TPSA) is 64.6 Å². The molecule has 3 rings (SSSR count). The summed E-state index contributed by atoms with van der Waals surface area (Å²) in [6.45, 7) is 3.82. The van der Waals surface area contributed by atoms with E-state index in [1.165, 1.54) is 6.07 Å². The van der Waals surface area contributed by atoms with Crippen molar-refractivity contribution >= 4 is 15.7 Å². The third-order valence-corrected chi connectivity index (χ3v) is 5.19. The van der Waals surface area contributed by atoms with E-state index in [4.69, 9.17) is 9.47 Å². The van der Waals surface area contributed by atoms with Gasteiger partial charge >= 0.3 is 0 Å². The predicted molar refractivity (Wildman–Crippen MR) is 88.5 cm³/mol. The molecule has 0 unspecified atom stereocenters. The maximum atomic E-state index is 13.9. The number of halogens is 3. The first-order valence-electron chi connectivity index (χ1n) is 7.85. The van der Waals surface area contributed by atoms with Crippen LogP contribution in [0.4, 0.5) is 18.9 Å². The van der Waals surface area contributed by atoms with Crippen LogP contribution in [0.3, 0.4) is 0 Å². The Bertz CT molecular complexity index is 940. The normalized spacial score (nSPS) is 16.1. The van der Waals surface area contributed by atoms with E-state index in [2.05, 4.69) is 4.72 Å². The zero-order valence-corrected chi connectivity index (χ0v) is 14.8. The molecular formula is C17H16F3NO4S. The summed E-state index contributed by atoms with van der Waals surface area (Å²) in [6.07, 6.45) is 0.544. The number of hydrogen-bond donors (Lipinski definition) is 1. The van der Waals surface area contributed by atoms with Gasteiger partial charge in [-0.05, 0) is 19.9 Å². The van der Waals surface area contributed by atoms with Gasteiger partial charge < -0.3 is 9.47 Å². The van der Waals surface area contributed by atoms with Crippen LogP contribution in [0.2, 0.25) is 0 Å². The van der Waals surface area contributed by atoms with Gasteiger partial charge in [0.15, 0.2) is 4.90 Å². The highest BCUT2D eigenvalue weighted by Crippen LogP contribution is 2.39. The van der Waals surface area contributed by atoms with Crippen LogP contribution in [0, 0.1) is 17.5 Å². The van der Waals surface area contributed by atoms with Crippen molar-refractivity contribution in [1.82, 2.24) is 0 Å². The molecule has 0 spiro atoms.